The molecular weight excluding hydrogens is 464 g/mol. The van der Waals surface area contributed by atoms with Crippen molar-refractivity contribution in [2.45, 2.75) is 38.9 Å². The van der Waals surface area contributed by atoms with Crippen LogP contribution in [0.5, 0.6) is 5.88 Å². The molecule has 4 rings (SSSR count). The van der Waals surface area contributed by atoms with Crippen LogP contribution >= 0.6 is 0 Å². The highest BCUT2D eigenvalue weighted by Crippen LogP contribution is 2.32. The second-order valence-electron chi connectivity index (χ2n) is 8.60. The lowest BCUT2D eigenvalue weighted by atomic mass is 9.89. The third-order valence-electron chi connectivity index (χ3n) is 6.16. The maximum absolute atomic E-state index is 14.3. The second kappa shape index (κ2) is 9.97. The van der Waals surface area contributed by atoms with Crippen LogP contribution in [-0.4, -0.2) is 45.0 Å². The largest absolute Gasteiger partial charge is 0.475 e. The molecule has 1 aliphatic rings. The van der Waals surface area contributed by atoms with Gasteiger partial charge in [-0.05, 0) is 55.5 Å². The predicted octanol–water partition coefficient (Wildman–Crippen LogP) is 5.32. The number of nitrogens with zero attached hydrogens (tertiary/aromatic N) is 4. The molecule has 1 aliphatic heterocycles. The van der Waals surface area contributed by atoms with Gasteiger partial charge in [-0.1, -0.05) is 6.92 Å². The maximum atomic E-state index is 14.3. The van der Waals surface area contributed by atoms with Gasteiger partial charge in [-0.25, -0.2) is 19.3 Å². The highest BCUT2D eigenvalue weighted by molar-refractivity contribution is 6.01. The molecule has 0 N–H and O–H groups in total. The number of likely N-dealkylation sites (tertiary alicyclic amines) is 1. The molecular formula is C25H24F4N4O2. The van der Waals surface area contributed by atoms with Crippen LogP contribution in [0.4, 0.5) is 17.6 Å². The number of rotatable bonds is 5. The molecule has 0 spiro atoms. The van der Waals surface area contributed by atoms with Gasteiger partial charge in [-0.15, -0.1) is 0 Å². The zero-order valence-corrected chi connectivity index (χ0v) is 19.2. The highest BCUT2D eigenvalue weighted by atomic mass is 19.4. The summed E-state index contributed by atoms with van der Waals surface area (Å²) in [5.41, 5.74) is 0.203. The van der Waals surface area contributed by atoms with Crippen molar-refractivity contribution in [3.63, 3.8) is 0 Å². The molecule has 2 aromatic heterocycles. The Labute approximate surface area is 200 Å². The Morgan fingerprint density at radius 1 is 1.17 bits per heavy atom. The lowest BCUT2D eigenvalue weighted by molar-refractivity contribution is -0.137. The Hall–Kier alpha value is -3.56. The zero-order valence-electron chi connectivity index (χ0n) is 19.2. The molecule has 1 saturated heterocycles. The van der Waals surface area contributed by atoms with E-state index in [1.165, 1.54) is 24.5 Å². The van der Waals surface area contributed by atoms with Crippen molar-refractivity contribution in [2.24, 2.45) is 5.92 Å². The average molecular weight is 488 g/mol. The zero-order chi connectivity index (χ0) is 25.2. The number of hydrogen-bond donors (Lipinski definition) is 0. The standard InChI is InChI=1S/C25H24F4N4O2/c1-15-5-3-10-33(20(15)14-35-21-7-6-17(13-32-21)25(27,28)29)24(34)22-16(2)11-18(26)12-19(22)23-30-8-4-9-31-23/h4,6-9,11-13,15,20H,3,5,10,14H2,1-2H3/t15-,20-/m1/s1. The lowest BCUT2D eigenvalue weighted by Crippen LogP contribution is -2.51. The summed E-state index contributed by atoms with van der Waals surface area (Å²) >= 11 is 0. The molecule has 0 aliphatic carbocycles. The molecule has 184 valence electrons. The van der Waals surface area contributed by atoms with Crippen molar-refractivity contribution in [1.29, 1.82) is 0 Å². The second-order valence-corrected chi connectivity index (χ2v) is 8.60. The van der Waals surface area contributed by atoms with E-state index in [-0.39, 0.29) is 36.2 Å². The smallest absolute Gasteiger partial charge is 0.417 e. The summed E-state index contributed by atoms with van der Waals surface area (Å²) in [6.07, 6.45) is 0.909. The fourth-order valence-corrected chi connectivity index (χ4v) is 4.34. The van der Waals surface area contributed by atoms with Crippen molar-refractivity contribution in [1.82, 2.24) is 19.9 Å². The number of benzene rings is 1. The van der Waals surface area contributed by atoms with E-state index in [2.05, 4.69) is 15.0 Å². The molecule has 0 unspecified atom stereocenters. The molecule has 35 heavy (non-hydrogen) atoms. The van der Waals surface area contributed by atoms with Crippen molar-refractivity contribution < 1.29 is 27.1 Å². The Morgan fingerprint density at radius 3 is 2.57 bits per heavy atom. The van der Waals surface area contributed by atoms with Gasteiger partial charge < -0.3 is 9.64 Å². The van der Waals surface area contributed by atoms with Crippen LogP contribution in [0, 0.1) is 18.7 Å². The first-order valence-electron chi connectivity index (χ1n) is 11.2. The Bertz CT molecular complexity index is 1190. The SMILES string of the molecule is Cc1cc(F)cc(-c2ncccn2)c1C(=O)N1CCC[C@@H](C)[C@H]1COc1ccc(C(F)(F)F)cn1. The molecule has 1 fully saturated rings. The number of halogens is 4. The monoisotopic (exact) mass is 488 g/mol. The number of carbonyl (C=O) groups excluding carboxylic acids is 1. The number of alkyl halides is 3. The molecule has 10 heteroatoms. The number of aromatic nitrogens is 3. The minimum absolute atomic E-state index is 0.0412. The van der Waals surface area contributed by atoms with Crippen LogP contribution in [0.2, 0.25) is 0 Å². The first-order valence-corrected chi connectivity index (χ1v) is 11.2. The minimum Gasteiger partial charge on any atom is -0.475 e. The molecule has 3 heterocycles. The number of aryl methyl sites for hydroxylation is 1. The van der Waals surface area contributed by atoms with Crippen LogP contribution in [0.1, 0.15) is 41.3 Å². The maximum Gasteiger partial charge on any atom is 0.417 e. The Balaban J connectivity index is 1.60. The Kier molecular flexibility index (Phi) is 7.00. The van der Waals surface area contributed by atoms with E-state index in [0.29, 0.717) is 23.2 Å². The minimum atomic E-state index is -4.49. The molecule has 3 aromatic rings. The number of amides is 1. The quantitative estimate of drug-likeness (QED) is 0.455. The van der Waals surface area contributed by atoms with Crippen LogP contribution < -0.4 is 4.74 Å². The van der Waals surface area contributed by atoms with Gasteiger partial charge in [0.05, 0.1) is 17.2 Å². The van der Waals surface area contributed by atoms with Gasteiger partial charge in [-0.3, -0.25) is 4.79 Å². The normalized spacial score (nSPS) is 18.4. The summed E-state index contributed by atoms with van der Waals surface area (Å²) in [6, 6.07) is 5.90. The summed E-state index contributed by atoms with van der Waals surface area (Å²) in [7, 11) is 0. The van der Waals surface area contributed by atoms with Gasteiger partial charge in [0.15, 0.2) is 5.82 Å². The van der Waals surface area contributed by atoms with E-state index < -0.39 is 17.6 Å². The van der Waals surface area contributed by atoms with E-state index in [0.717, 1.165) is 31.2 Å². The summed E-state index contributed by atoms with van der Waals surface area (Å²) in [5, 5.41) is 0. The first-order chi connectivity index (χ1) is 16.6. The van der Waals surface area contributed by atoms with E-state index >= 15 is 0 Å². The van der Waals surface area contributed by atoms with E-state index in [9.17, 15) is 22.4 Å². The highest BCUT2D eigenvalue weighted by Gasteiger charge is 2.35. The summed E-state index contributed by atoms with van der Waals surface area (Å²) in [6.45, 7) is 4.17. The third-order valence-corrected chi connectivity index (χ3v) is 6.16. The van der Waals surface area contributed by atoms with E-state index in [1.807, 2.05) is 6.92 Å². The first kappa shape index (κ1) is 24.6. The molecule has 1 aromatic carbocycles. The lowest BCUT2D eigenvalue weighted by Gasteiger charge is -2.40. The molecule has 0 saturated carbocycles. The molecule has 2 atom stereocenters. The fourth-order valence-electron chi connectivity index (χ4n) is 4.34. The van der Waals surface area contributed by atoms with Crippen LogP contribution in [0.25, 0.3) is 11.4 Å². The van der Waals surface area contributed by atoms with Gasteiger partial charge in [-0.2, -0.15) is 13.2 Å². The number of piperidine rings is 1. The van der Waals surface area contributed by atoms with Gasteiger partial charge in [0, 0.05) is 36.8 Å². The fraction of sp³-hybridized carbons (Fsp3) is 0.360. The third kappa shape index (κ3) is 5.41. The van der Waals surface area contributed by atoms with Gasteiger partial charge >= 0.3 is 6.18 Å². The predicted molar refractivity (Wildman–Crippen MR) is 120 cm³/mol. The van der Waals surface area contributed by atoms with Gasteiger partial charge in [0.2, 0.25) is 5.88 Å². The average Bonchev–Trinajstić information content (AvgIpc) is 2.82. The Morgan fingerprint density at radius 2 is 1.91 bits per heavy atom. The van der Waals surface area contributed by atoms with Crippen molar-refractivity contribution in [2.75, 3.05) is 13.2 Å². The van der Waals surface area contributed by atoms with E-state index in [4.69, 9.17) is 4.74 Å². The summed E-state index contributed by atoms with van der Waals surface area (Å²) in [5.74, 6) is -0.448. The van der Waals surface area contributed by atoms with Crippen molar-refractivity contribution in [3.05, 3.63) is 71.4 Å². The summed E-state index contributed by atoms with van der Waals surface area (Å²) in [4.78, 5) is 27.6. The topological polar surface area (TPSA) is 68.2 Å². The number of pyridine rings is 1. The summed E-state index contributed by atoms with van der Waals surface area (Å²) < 4.78 is 58.4. The van der Waals surface area contributed by atoms with Gasteiger partial charge in [0.1, 0.15) is 12.4 Å². The number of hydrogen-bond acceptors (Lipinski definition) is 5. The van der Waals surface area contributed by atoms with Crippen LogP contribution in [0.15, 0.2) is 48.9 Å². The number of ether oxygens (including phenoxy) is 1. The van der Waals surface area contributed by atoms with Crippen LogP contribution in [0.3, 0.4) is 0 Å². The van der Waals surface area contributed by atoms with Gasteiger partial charge in [0.25, 0.3) is 5.91 Å². The number of carbonyl (C=O) groups is 1. The molecule has 1 amide bonds. The van der Waals surface area contributed by atoms with Crippen LogP contribution in [-0.2, 0) is 6.18 Å². The molecule has 6 nitrogen and oxygen atoms in total. The van der Waals surface area contributed by atoms with E-state index in [1.54, 1.807) is 17.9 Å². The molecule has 0 radical (unpaired) electrons. The van der Waals surface area contributed by atoms with Crippen molar-refractivity contribution >= 4 is 5.91 Å². The van der Waals surface area contributed by atoms with Crippen molar-refractivity contribution in [3.8, 4) is 17.3 Å². The molecule has 0 bridgehead atoms.